The lowest BCUT2D eigenvalue weighted by Crippen LogP contribution is -2.14. The van der Waals surface area contributed by atoms with Crippen molar-refractivity contribution in [1.29, 1.82) is 0 Å². The van der Waals surface area contributed by atoms with Crippen LogP contribution in [-0.4, -0.2) is 25.6 Å². The molecule has 1 aliphatic rings. The zero-order valence-corrected chi connectivity index (χ0v) is 24.1. The Balaban J connectivity index is 1.29. The van der Waals surface area contributed by atoms with Crippen LogP contribution < -0.4 is 4.74 Å². The molecule has 0 spiro atoms. The minimum absolute atomic E-state index is 0.0136. The predicted octanol–water partition coefficient (Wildman–Crippen LogP) is 8.02. The fourth-order valence-electron chi connectivity index (χ4n) is 5.42. The molecular weight excluding hydrogens is 574 g/mol. The molecule has 2 aromatic heterocycles. The number of carboxylic acid groups (broad SMARTS) is 1. The Hall–Kier alpha value is -4.73. The Kier molecular flexibility index (Phi) is 7.61. The molecule has 0 radical (unpaired) electrons. The number of hydrogen-bond donors (Lipinski definition) is 1. The molecule has 226 valence electrons. The molecule has 2 heterocycles. The van der Waals surface area contributed by atoms with Gasteiger partial charge in [0.15, 0.2) is 11.6 Å². The first kappa shape index (κ1) is 29.3. The second-order valence-electron chi connectivity index (χ2n) is 11.4. The lowest BCUT2D eigenvalue weighted by atomic mass is 10.0. The van der Waals surface area contributed by atoms with E-state index in [1.165, 1.54) is 24.3 Å². The molecule has 6 rings (SSSR count). The monoisotopic (exact) mass is 603 g/mol. The number of fused-ring (bicyclic) bond motifs is 1. The van der Waals surface area contributed by atoms with Gasteiger partial charge >= 0.3 is 5.97 Å². The normalized spacial score (nSPS) is 13.8. The number of aromatic carboxylic acids is 1. The van der Waals surface area contributed by atoms with Gasteiger partial charge in [-0.2, -0.15) is 0 Å². The molecule has 3 aromatic carbocycles. The van der Waals surface area contributed by atoms with E-state index in [4.69, 9.17) is 4.74 Å². The summed E-state index contributed by atoms with van der Waals surface area (Å²) in [7, 11) is 0. The second-order valence-corrected chi connectivity index (χ2v) is 11.4. The maximum atomic E-state index is 15.5. The van der Waals surface area contributed by atoms with Crippen molar-refractivity contribution in [2.75, 3.05) is 0 Å². The van der Waals surface area contributed by atoms with Crippen molar-refractivity contribution >= 4 is 17.0 Å². The molecule has 0 amide bonds. The van der Waals surface area contributed by atoms with Gasteiger partial charge in [-0.05, 0) is 79.1 Å². The molecule has 1 saturated carbocycles. The third kappa shape index (κ3) is 5.76. The average Bonchev–Trinajstić information content (AvgIpc) is 3.69. The number of carboxylic acids is 1. The summed E-state index contributed by atoms with van der Waals surface area (Å²) in [6.45, 7) is 4.12. The number of hydrogen-bond acceptors (Lipinski definition) is 4. The molecule has 0 unspecified atom stereocenters. The standard InChI is InChI=1S/C34H29F4N3O3/c1-3-34(10-11-34)18-41-29-15-23(33(42)43)14-27(38)31(29)40-30(41)16-20-6-7-21(13-26(20)37)28-9-8-24(35)32(39-28)44-17-22-5-4-19(2)12-25(22)36/h4-9,12-15H,3,10-11,16-18H2,1-2H3,(H,42,43). The van der Waals surface area contributed by atoms with Crippen LogP contribution in [0.1, 0.15) is 59.1 Å². The number of carbonyl (C=O) groups is 1. The minimum Gasteiger partial charge on any atom is -0.478 e. The van der Waals surface area contributed by atoms with E-state index < -0.39 is 29.2 Å². The van der Waals surface area contributed by atoms with Crippen molar-refractivity contribution in [3.63, 3.8) is 0 Å². The fraction of sp³-hybridized carbons (Fsp3) is 0.265. The molecule has 1 aliphatic carbocycles. The first-order valence-corrected chi connectivity index (χ1v) is 14.3. The maximum Gasteiger partial charge on any atom is 0.335 e. The van der Waals surface area contributed by atoms with Crippen molar-refractivity contribution in [3.8, 4) is 17.1 Å². The highest BCUT2D eigenvalue weighted by Crippen LogP contribution is 2.50. The van der Waals surface area contributed by atoms with Crippen LogP contribution in [0, 0.1) is 35.6 Å². The Morgan fingerprint density at radius 2 is 1.66 bits per heavy atom. The summed E-state index contributed by atoms with van der Waals surface area (Å²) in [4.78, 5) is 20.3. The average molecular weight is 604 g/mol. The molecule has 0 bridgehead atoms. The van der Waals surface area contributed by atoms with Crippen LogP contribution in [0.5, 0.6) is 5.88 Å². The smallest absolute Gasteiger partial charge is 0.335 e. The first-order valence-electron chi connectivity index (χ1n) is 14.3. The van der Waals surface area contributed by atoms with Gasteiger partial charge in [0.05, 0.1) is 16.8 Å². The summed E-state index contributed by atoms with van der Waals surface area (Å²) in [5.41, 5.74) is 2.14. The van der Waals surface area contributed by atoms with Crippen molar-refractivity contribution in [1.82, 2.24) is 14.5 Å². The van der Waals surface area contributed by atoms with Crippen LogP contribution in [0.3, 0.4) is 0 Å². The number of rotatable bonds is 10. The highest BCUT2D eigenvalue weighted by atomic mass is 19.1. The van der Waals surface area contributed by atoms with E-state index >= 15 is 4.39 Å². The van der Waals surface area contributed by atoms with Gasteiger partial charge in [0.1, 0.15) is 29.6 Å². The summed E-state index contributed by atoms with van der Waals surface area (Å²) in [6, 6.07) is 14.0. The van der Waals surface area contributed by atoms with Crippen LogP contribution >= 0.6 is 0 Å². The lowest BCUT2D eigenvalue weighted by Gasteiger charge is -2.17. The molecule has 5 aromatic rings. The number of halogens is 4. The molecule has 0 aliphatic heterocycles. The summed E-state index contributed by atoms with van der Waals surface area (Å²) >= 11 is 0. The van der Waals surface area contributed by atoms with Crippen molar-refractivity contribution in [2.45, 2.75) is 52.7 Å². The molecule has 1 N–H and O–H groups in total. The van der Waals surface area contributed by atoms with Gasteiger partial charge in [-0.1, -0.05) is 31.2 Å². The lowest BCUT2D eigenvalue weighted by molar-refractivity contribution is 0.0696. The van der Waals surface area contributed by atoms with E-state index in [9.17, 15) is 23.1 Å². The Bertz CT molecular complexity index is 1920. The highest BCUT2D eigenvalue weighted by Gasteiger charge is 2.41. The number of aromatic nitrogens is 3. The number of aryl methyl sites for hydroxylation is 1. The van der Waals surface area contributed by atoms with Gasteiger partial charge in [-0.3, -0.25) is 0 Å². The van der Waals surface area contributed by atoms with Crippen LogP contribution in [0.4, 0.5) is 17.6 Å². The van der Waals surface area contributed by atoms with Crippen LogP contribution in [0.2, 0.25) is 0 Å². The van der Waals surface area contributed by atoms with Crippen molar-refractivity contribution in [3.05, 3.63) is 112 Å². The molecular formula is C34H29F4N3O3. The topological polar surface area (TPSA) is 77.2 Å². The third-order valence-electron chi connectivity index (χ3n) is 8.42. The molecule has 0 atom stereocenters. The minimum atomic E-state index is -1.25. The van der Waals surface area contributed by atoms with Gasteiger partial charge < -0.3 is 14.4 Å². The van der Waals surface area contributed by atoms with E-state index in [0.29, 0.717) is 29.0 Å². The van der Waals surface area contributed by atoms with Gasteiger partial charge in [0.25, 0.3) is 5.88 Å². The van der Waals surface area contributed by atoms with Gasteiger partial charge in [-0.15, -0.1) is 0 Å². The summed E-state index contributed by atoms with van der Waals surface area (Å²) in [5.74, 6) is -3.69. The van der Waals surface area contributed by atoms with Crippen molar-refractivity contribution in [2.24, 2.45) is 5.41 Å². The molecule has 1 fully saturated rings. The fourth-order valence-corrected chi connectivity index (χ4v) is 5.42. The van der Waals surface area contributed by atoms with Crippen LogP contribution in [0.15, 0.2) is 60.7 Å². The summed E-state index contributed by atoms with van der Waals surface area (Å²) in [6.07, 6.45) is 2.91. The van der Waals surface area contributed by atoms with E-state index in [1.807, 2.05) is 4.57 Å². The van der Waals surface area contributed by atoms with E-state index in [0.717, 1.165) is 37.0 Å². The maximum absolute atomic E-state index is 15.5. The largest absolute Gasteiger partial charge is 0.478 e. The van der Waals surface area contributed by atoms with Gasteiger partial charge in [-0.25, -0.2) is 32.3 Å². The number of imidazole rings is 1. The summed E-state index contributed by atoms with van der Waals surface area (Å²) in [5, 5.41) is 9.49. The molecule has 0 saturated heterocycles. The van der Waals surface area contributed by atoms with E-state index in [-0.39, 0.29) is 46.7 Å². The Morgan fingerprint density at radius 1 is 0.909 bits per heavy atom. The molecule has 10 heteroatoms. The molecule has 44 heavy (non-hydrogen) atoms. The number of pyridine rings is 1. The predicted molar refractivity (Wildman–Crippen MR) is 156 cm³/mol. The Morgan fingerprint density at radius 3 is 2.34 bits per heavy atom. The number of benzene rings is 3. The van der Waals surface area contributed by atoms with E-state index in [1.54, 1.807) is 31.2 Å². The van der Waals surface area contributed by atoms with Gasteiger partial charge in [0.2, 0.25) is 0 Å². The molecule has 6 nitrogen and oxygen atoms in total. The Labute approximate surface area is 251 Å². The summed E-state index contributed by atoms with van der Waals surface area (Å²) < 4.78 is 66.5. The quantitative estimate of drug-likeness (QED) is 0.164. The van der Waals surface area contributed by atoms with E-state index in [2.05, 4.69) is 16.9 Å². The number of nitrogens with zero attached hydrogens (tertiary/aromatic N) is 3. The highest BCUT2D eigenvalue weighted by molar-refractivity contribution is 5.92. The van der Waals surface area contributed by atoms with Crippen LogP contribution in [0.25, 0.3) is 22.3 Å². The third-order valence-corrected chi connectivity index (χ3v) is 8.42. The van der Waals surface area contributed by atoms with Crippen LogP contribution in [-0.2, 0) is 19.6 Å². The first-order chi connectivity index (χ1) is 21.1. The zero-order valence-electron chi connectivity index (χ0n) is 24.1. The van der Waals surface area contributed by atoms with Crippen molar-refractivity contribution < 1.29 is 32.2 Å². The van der Waals surface area contributed by atoms with Gasteiger partial charge in [0, 0.05) is 24.1 Å². The second kappa shape index (κ2) is 11.4. The zero-order chi connectivity index (χ0) is 31.2. The number of ether oxygens (including phenoxy) is 1. The SMILES string of the molecule is CCC1(Cn2c(Cc3ccc(-c4ccc(F)c(OCc5ccc(C)cc5F)n4)cc3F)nc3c(F)cc(C(=O)O)cc32)CC1.